The van der Waals surface area contributed by atoms with Gasteiger partial charge in [-0.25, -0.2) is 9.59 Å². The first-order chi connectivity index (χ1) is 13.9. The Kier molecular flexibility index (Phi) is 8.60. The van der Waals surface area contributed by atoms with E-state index in [4.69, 9.17) is 9.47 Å². The first-order valence-electron chi connectivity index (χ1n) is 9.42. The van der Waals surface area contributed by atoms with E-state index in [1.165, 1.54) is 7.11 Å². The standard InChI is InChI=1S/C20H26N2O7/c1-28-19(26)17(14-8-5-9-15(24)10-14)22-18(25)16(11-23)21-20(27)29-12-13-6-3-2-4-7-13/h2-4,6-7,14,16-17,23H,5,8-12H2,1H3,(H,21,27)(H,22,25)/t14-,16-,17+/m0/s1. The number of ketones is 1. The summed E-state index contributed by atoms with van der Waals surface area (Å²) in [5, 5.41) is 14.3. The van der Waals surface area contributed by atoms with Gasteiger partial charge in [-0.05, 0) is 24.3 Å². The van der Waals surface area contributed by atoms with Gasteiger partial charge in [0.05, 0.1) is 13.7 Å². The van der Waals surface area contributed by atoms with Crippen molar-refractivity contribution in [3.63, 3.8) is 0 Å². The van der Waals surface area contributed by atoms with Crippen LogP contribution < -0.4 is 10.6 Å². The van der Waals surface area contributed by atoms with Crippen LogP contribution >= 0.6 is 0 Å². The van der Waals surface area contributed by atoms with Gasteiger partial charge in [0, 0.05) is 12.8 Å². The van der Waals surface area contributed by atoms with Crippen molar-refractivity contribution < 1.29 is 33.8 Å². The Morgan fingerprint density at radius 3 is 2.55 bits per heavy atom. The highest BCUT2D eigenvalue weighted by atomic mass is 16.5. The highest BCUT2D eigenvalue weighted by Crippen LogP contribution is 2.25. The Morgan fingerprint density at radius 2 is 1.93 bits per heavy atom. The Bertz CT molecular complexity index is 723. The number of alkyl carbamates (subject to hydrolysis) is 1. The summed E-state index contributed by atoms with van der Waals surface area (Å²) in [5.41, 5.74) is 0.764. The highest BCUT2D eigenvalue weighted by molar-refractivity contribution is 5.90. The zero-order chi connectivity index (χ0) is 21.2. The van der Waals surface area contributed by atoms with Crippen LogP contribution in [-0.4, -0.2) is 54.7 Å². The van der Waals surface area contributed by atoms with Gasteiger partial charge in [0.25, 0.3) is 0 Å². The molecule has 29 heavy (non-hydrogen) atoms. The number of benzene rings is 1. The molecule has 1 aromatic rings. The summed E-state index contributed by atoms with van der Waals surface area (Å²) in [7, 11) is 1.19. The van der Waals surface area contributed by atoms with Crippen LogP contribution in [0.1, 0.15) is 31.2 Å². The van der Waals surface area contributed by atoms with E-state index < -0.39 is 42.6 Å². The van der Waals surface area contributed by atoms with Gasteiger partial charge >= 0.3 is 12.1 Å². The molecule has 0 spiro atoms. The largest absolute Gasteiger partial charge is 0.467 e. The smallest absolute Gasteiger partial charge is 0.408 e. The fraction of sp³-hybridized carbons (Fsp3) is 0.500. The molecular weight excluding hydrogens is 380 g/mol. The van der Waals surface area contributed by atoms with Crippen molar-refractivity contribution >= 4 is 23.8 Å². The first-order valence-corrected chi connectivity index (χ1v) is 9.42. The molecule has 0 heterocycles. The molecule has 1 aliphatic carbocycles. The minimum Gasteiger partial charge on any atom is -0.467 e. The van der Waals surface area contributed by atoms with Gasteiger partial charge in [0.15, 0.2) is 0 Å². The molecule has 1 aliphatic rings. The van der Waals surface area contributed by atoms with Crippen LogP contribution in [0.2, 0.25) is 0 Å². The van der Waals surface area contributed by atoms with Crippen molar-refractivity contribution in [1.82, 2.24) is 10.6 Å². The van der Waals surface area contributed by atoms with Gasteiger partial charge in [-0.15, -0.1) is 0 Å². The van der Waals surface area contributed by atoms with Gasteiger partial charge in [-0.2, -0.15) is 0 Å². The summed E-state index contributed by atoms with van der Waals surface area (Å²) in [4.78, 5) is 48.3. The summed E-state index contributed by atoms with van der Waals surface area (Å²) in [5.74, 6) is -1.82. The molecule has 0 aliphatic heterocycles. The van der Waals surface area contributed by atoms with E-state index in [9.17, 15) is 24.3 Å². The number of hydrogen-bond acceptors (Lipinski definition) is 7. The molecule has 1 fully saturated rings. The summed E-state index contributed by atoms with van der Waals surface area (Å²) in [6.45, 7) is -0.689. The highest BCUT2D eigenvalue weighted by Gasteiger charge is 2.35. The van der Waals surface area contributed by atoms with Crippen LogP contribution in [0.3, 0.4) is 0 Å². The second-order valence-corrected chi connectivity index (χ2v) is 6.85. The number of rotatable bonds is 8. The normalized spacial score (nSPS) is 18.3. The Balaban J connectivity index is 1.94. The molecule has 3 N–H and O–H groups in total. The van der Waals surface area contributed by atoms with Crippen LogP contribution in [0.4, 0.5) is 4.79 Å². The third-order valence-corrected chi connectivity index (χ3v) is 4.75. The second kappa shape index (κ2) is 11.2. The van der Waals surface area contributed by atoms with Gasteiger partial charge in [0.2, 0.25) is 5.91 Å². The van der Waals surface area contributed by atoms with Gasteiger partial charge in [-0.3, -0.25) is 9.59 Å². The molecule has 158 valence electrons. The maximum Gasteiger partial charge on any atom is 0.408 e. The zero-order valence-corrected chi connectivity index (χ0v) is 16.3. The van der Waals surface area contributed by atoms with E-state index in [1.54, 1.807) is 24.3 Å². The first kappa shape index (κ1) is 22.4. The van der Waals surface area contributed by atoms with E-state index in [0.717, 1.165) is 5.56 Å². The Morgan fingerprint density at radius 1 is 1.21 bits per heavy atom. The number of ether oxygens (including phenoxy) is 2. The lowest BCUT2D eigenvalue weighted by atomic mass is 9.83. The molecule has 0 bridgehead atoms. The third kappa shape index (κ3) is 6.86. The third-order valence-electron chi connectivity index (χ3n) is 4.75. The molecule has 1 aromatic carbocycles. The quantitative estimate of drug-likeness (QED) is 0.541. The summed E-state index contributed by atoms with van der Waals surface area (Å²) < 4.78 is 9.78. The number of methoxy groups -OCH3 is 1. The molecule has 0 aromatic heterocycles. The number of carbonyl (C=O) groups excluding carboxylic acids is 4. The minimum absolute atomic E-state index is 0.00140. The maximum absolute atomic E-state index is 12.5. The predicted molar refractivity (Wildman–Crippen MR) is 102 cm³/mol. The molecule has 2 rings (SSSR count). The number of esters is 1. The molecule has 9 nitrogen and oxygen atoms in total. The minimum atomic E-state index is -1.32. The fourth-order valence-corrected chi connectivity index (χ4v) is 3.19. The molecular formula is C20H26N2O7. The van der Waals surface area contributed by atoms with Crippen molar-refractivity contribution in [2.24, 2.45) is 5.92 Å². The summed E-state index contributed by atoms with van der Waals surface area (Å²) >= 11 is 0. The average molecular weight is 406 g/mol. The SMILES string of the molecule is COC(=O)[C@H](NC(=O)[C@H](CO)NC(=O)OCc1ccccc1)[C@H]1CCCC(=O)C1. The van der Waals surface area contributed by atoms with Crippen LogP contribution in [0.25, 0.3) is 0 Å². The van der Waals surface area contributed by atoms with Crippen LogP contribution in [-0.2, 0) is 30.5 Å². The number of hydrogen-bond donors (Lipinski definition) is 3. The maximum atomic E-state index is 12.5. The molecule has 0 radical (unpaired) electrons. The number of Topliss-reactive ketones (excluding diaryl/α,β-unsaturated/α-hetero) is 1. The van der Waals surface area contributed by atoms with Crippen molar-refractivity contribution in [2.75, 3.05) is 13.7 Å². The van der Waals surface area contributed by atoms with Crippen molar-refractivity contribution in [3.8, 4) is 0 Å². The molecule has 1 saturated carbocycles. The topological polar surface area (TPSA) is 131 Å². The molecule has 9 heteroatoms. The summed E-state index contributed by atoms with van der Waals surface area (Å²) in [6, 6.07) is 6.62. The molecule has 0 saturated heterocycles. The Labute approximate surface area is 168 Å². The van der Waals surface area contributed by atoms with E-state index in [-0.39, 0.29) is 18.8 Å². The lowest BCUT2D eigenvalue weighted by molar-refractivity contribution is -0.147. The molecule has 0 unspecified atom stereocenters. The van der Waals surface area contributed by atoms with Crippen LogP contribution in [0, 0.1) is 5.92 Å². The van der Waals surface area contributed by atoms with E-state index >= 15 is 0 Å². The van der Waals surface area contributed by atoms with Crippen molar-refractivity contribution in [2.45, 2.75) is 44.4 Å². The van der Waals surface area contributed by atoms with Crippen molar-refractivity contribution in [1.29, 1.82) is 0 Å². The number of aliphatic hydroxyl groups is 1. The lowest BCUT2D eigenvalue weighted by Crippen LogP contribution is -2.55. The number of aliphatic hydroxyl groups excluding tert-OH is 1. The molecule has 2 amide bonds. The van der Waals surface area contributed by atoms with E-state index in [1.807, 2.05) is 6.07 Å². The van der Waals surface area contributed by atoms with E-state index in [0.29, 0.717) is 19.3 Å². The lowest BCUT2D eigenvalue weighted by Gasteiger charge is -2.29. The van der Waals surface area contributed by atoms with Crippen LogP contribution in [0.15, 0.2) is 30.3 Å². The zero-order valence-electron chi connectivity index (χ0n) is 16.3. The number of amides is 2. The van der Waals surface area contributed by atoms with E-state index in [2.05, 4.69) is 10.6 Å². The number of carbonyl (C=O) groups is 4. The predicted octanol–water partition coefficient (Wildman–Crippen LogP) is 0.691. The van der Waals surface area contributed by atoms with Gasteiger partial charge in [-0.1, -0.05) is 30.3 Å². The summed E-state index contributed by atoms with van der Waals surface area (Å²) in [6.07, 6.45) is 0.941. The Hall–Kier alpha value is -2.94. The fourth-order valence-electron chi connectivity index (χ4n) is 3.19. The second-order valence-electron chi connectivity index (χ2n) is 6.85. The number of nitrogens with one attached hydrogen (secondary N) is 2. The van der Waals surface area contributed by atoms with Crippen molar-refractivity contribution in [3.05, 3.63) is 35.9 Å². The van der Waals surface area contributed by atoms with Crippen LogP contribution in [0.5, 0.6) is 0 Å². The monoisotopic (exact) mass is 406 g/mol. The van der Waals surface area contributed by atoms with Gasteiger partial charge in [0.1, 0.15) is 24.5 Å². The molecule has 3 atom stereocenters. The average Bonchev–Trinajstić information content (AvgIpc) is 2.74. The van der Waals surface area contributed by atoms with Gasteiger partial charge < -0.3 is 25.2 Å².